The van der Waals surface area contributed by atoms with Crippen molar-refractivity contribution in [1.29, 1.82) is 0 Å². The number of nitrogens with zero attached hydrogens (tertiary/aromatic N) is 1. The van der Waals surface area contributed by atoms with Crippen LogP contribution >= 0.6 is 0 Å². The van der Waals surface area contributed by atoms with Gasteiger partial charge in [-0.25, -0.2) is 0 Å². The maximum Gasteiger partial charge on any atom is 0.307 e. The maximum absolute atomic E-state index is 10.8. The van der Waals surface area contributed by atoms with Gasteiger partial charge in [0.2, 0.25) is 0 Å². The quantitative estimate of drug-likeness (QED) is 0.725. The SMILES string of the molecule is CC(CN1CCCC(C)C1CN)C(=O)O. The summed E-state index contributed by atoms with van der Waals surface area (Å²) in [5.74, 6) is -0.432. The summed E-state index contributed by atoms with van der Waals surface area (Å²) in [7, 11) is 0. The molecule has 0 aromatic carbocycles. The molecule has 1 saturated heterocycles. The van der Waals surface area contributed by atoms with Crippen LogP contribution in [0.1, 0.15) is 26.7 Å². The van der Waals surface area contributed by atoms with Crippen LogP contribution in [0.15, 0.2) is 0 Å². The molecule has 0 bridgehead atoms. The van der Waals surface area contributed by atoms with Crippen molar-refractivity contribution in [2.24, 2.45) is 17.6 Å². The van der Waals surface area contributed by atoms with Crippen molar-refractivity contribution in [2.45, 2.75) is 32.7 Å². The van der Waals surface area contributed by atoms with Gasteiger partial charge in [-0.3, -0.25) is 9.69 Å². The van der Waals surface area contributed by atoms with E-state index < -0.39 is 5.97 Å². The predicted molar refractivity (Wildman–Crippen MR) is 59.6 cm³/mol. The zero-order valence-corrected chi connectivity index (χ0v) is 9.65. The Morgan fingerprint density at radius 1 is 1.67 bits per heavy atom. The number of likely N-dealkylation sites (tertiary alicyclic amines) is 1. The zero-order chi connectivity index (χ0) is 11.4. The van der Waals surface area contributed by atoms with Crippen LogP contribution in [0.4, 0.5) is 0 Å². The van der Waals surface area contributed by atoms with Gasteiger partial charge in [0, 0.05) is 19.1 Å². The molecule has 0 aromatic rings. The number of carboxylic acids is 1. The molecule has 0 aromatic heterocycles. The smallest absolute Gasteiger partial charge is 0.307 e. The molecular weight excluding hydrogens is 192 g/mol. The van der Waals surface area contributed by atoms with E-state index in [0.29, 0.717) is 25.0 Å². The molecule has 4 nitrogen and oxygen atoms in total. The fourth-order valence-electron chi connectivity index (χ4n) is 2.37. The molecule has 4 heteroatoms. The number of carbonyl (C=O) groups is 1. The lowest BCUT2D eigenvalue weighted by Crippen LogP contribution is -2.50. The topological polar surface area (TPSA) is 66.6 Å². The van der Waals surface area contributed by atoms with Gasteiger partial charge < -0.3 is 10.8 Å². The zero-order valence-electron chi connectivity index (χ0n) is 9.65. The number of aliphatic carboxylic acids is 1. The van der Waals surface area contributed by atoms with Crippen molar-refractivity contribution >= 4 is 5.97 Å². The summed E-state index contributed by atoms with van der Waals surface area (Å²) in [6, 6.07) is 0.362. The van der Waals surface area contributed by atoms with E-state index in [-0.39, 0.29) is 5.92 Å². The molecule has 15 heavy (non-hydrogen) atoms. The normalized spacial score (nSPS) is 30.1. The Morgan fingerprint density at radius 3 is 2.87 bits per heavy atom. The van der Waals surface area contributed by atoms with Crippen LogP contribution in [0.3, 0.4) is 0 Å². The van der Waals surface area contributed by atoms with E-state index in [2.05, 4.69) is 11.8 Å². The van der Waals surface area contributed by atoms with Gasteiger partial charge in [-0.2, -0.15) is 0 Å². The third-order valence-corrected chi connectivity index (χ3v) is 3.40. The first-order chi connectivity index (χ1) is 7.06. The number of nitrogens with two attached hydrogens (primary N) is 1. The Hall–Kier alpha value is -0.610. The van der Waals surface area contributed by atoms with E-state index in [9.17, 15) is 4.79 Å². The molecule has 1 heterocycles. The van der Waals surface area contributed by atoms with Gasteiger partial charge in [-0.15, -0.1) is 0 Å². The largest absolute Gasteiger partial charge is 0.481 e. The summed E-state index contributed by atoms with van der Waals surface area (Å²) in [4.78, 5) is 13.0. The first-order valence-corrected chi connectivity index (χ1v) is 5.73. The second-order valence-corrected chi connectivity index (χ2v) is 4.66. The third-order valence-electron chi connectivity index (χ3n) is 3.40. The second kappa shape index (κ2) is 5.47. The molecule has 1 fully saturated rings. The van der Waals surface area contributed by atoms with Gasteiger partial charge in [0.05, 0.1) is 5.92 Å². The van der Waals surface area contributed by atoms with E-state index in [1.54, 1.807) is 6.92 Å². The monoisotopic (exact) mass is 214 g/mol. The van der Waals surface area contributed by atoms with E-state index in [1.165, 1.54) is 6.42 Å². The minimum atomic E-state index is -0.719. The number of rotatable bonds is 4. The summed E-state index contributed by atoms with van der Waals surface area (Å²) in [6.07, 6.45) is 2.36. The van der Waals surface area contributed by atoms with E-state index in [0.717, 1.165) is 13.0 Å². The molecule has 3 atom stereocenters. The molecule has 1 rings (SSSR count). The van der Waals surface area contributed by atoms with E-state index in [4.69, 9.17) is 10.8 Å². The average molecular weight is 214 g/mol. The summed E-state index contributed by atoms with van der Waals surface area (Å²) in [5, 5.41) is 8.88. The predicted octanol–water partition coefficient (Wildman–Crippen LogP) is 0.766. The lowest BCUT2D eigenvalue weighted by atomic mass is 9.90. The van der Waals surface area contributed by atoms with Crippen LogP contribution in [0.5, 0.6) is 0 Å². The molecule has 88 valence electrons. The Morgan fingerprint density at radius 2 is 2.33 bits per heavy atom. The summed E-state index contributed by atoms with van der Waals surface area (Å²) in [6.45, 7) is 6.21. The molecule has 1 aliphatic rings. The first kappa shape index (κ1) is 12.5. The van der Waals surface area contributed by atoms with Gasteiger partial charge in [0.1, 0.15) is 0 Å². The van der Waals surface area contributed by atoms with Crippen molar-refractivity contribution in [1.82, 2.24) is 4.90 Å². The molecule has 0 spiro atoms. The minimum absolute atomic E-state index is 0.302. The van der Waals surface area contributed by atoms with E-state index >= 15 is 0 Å². The van der Waals surface area contributed by atoms with Gasteiger partial charge in [0.15, 0.2) is 0 Å². The summed E-state index contributed by atoms with van der Waals surface area (Å²) in [5.41, 5.74) is 5.75. The highest BCUT2D eigenvalue weighted by molar-refractivity contribution is 5.69. The Labute approximate surface area is 91.4 Å². The number of carboxylic acid groups (broad SMARTS) is 1. The van der Waals surface area contributed by atoms with Crippen molar-refractivity contribution in [3.05, 3.63) is 0 Å². The fourth-order valence-corrected chi connectivity index (χ4v) is 2.37. The van der Waals surface area contributed by atoms with Crippen molar-refractivity contribution in [3.8, 4) is 0 Å². The fraction of sp³-hybridized carbons (Fsp3) is 0.909. The molecule has 0 amide bonds. The van der Waals surface area contributed by atoms with Crippen LogP contribution in [-0.4, -0.2) is 41.7 Å². The van der Waals surface area contributed by atoms with Crippen LogP contribution in [0.25, 0.3) is 0 Å². The van der Waals surface area contributed by atoms with Crippen LogP contribution in [0, 0.1) is 11.8 Å². The summed E-state index contributed by atoms with van der Waals surface area (Å²) >= 11 is 0. The van der Waals surface area contributed by atoms with Gasteiger partial charge >= 0.3 is 5.97 Å². The van der Waals surface area contributed by atoms with Crippen LogP contribution in [-0.2, 0) is 4.79 Å². The minimum Gasteiger partial charge on any atom is -0.481 e. The van der Waals surface area contributed by atoms with Crippen molar-refractivity contribution < 1.29 is 9.90 Å². The molecular formula is C11H22N2O2. The van der Waals surface area contributed by atoms with Crippen molar-refractivity contribution in [2.75, 3.05) is 19.6 Å². The number of piperidine rings is 1. The summed E-state index contributed by atoms with van der Waals surface area (Å²) < 4.78 is 0. The molecule has 0 saturated carbocycles. The highest BCUT2D eigenvalue weighted by atomic mass is 16.4. The Kier molecular flexibility index (Phi) is 4.54. The second-order valence-electron chi connectivity index (χ2n) is 4.66. The van der Waals surface area contributed by atoms with Crippen molar-refractivity contribution in [3.63, 3.8) is 0 Å². The van der Waals surface area contributed by atoms with Crippen LogP contribution in [0.2, 0.25) is 0 Å². The van der Waals surface area contributed by atoms with Gasteiger partial charge in [0.25, 0.3) is 0 Å². The third kappa shape index (κ3) is 3.18. The Bertz CT molecular complexity index is 221. The maximum atomic E-state index is 10.8. The lowest BCUT2D eigenvalue weighted by molar-refractivity contribution is -0.142. The van der Waals surface area contributed by atoms with E-state index in [1.807, 2.05) is 0 Å². The molecule has 3 N–H and O–H groups in total. The standard InChI is InChI=1S/C11H22N2O2/c1-8-4-3-5-13(10(8)6-12)7-9(2)11(14)15/h8-10H,3-7,12H2,1-2H3,(H,14,15). The Balaban J connectivity index is 2.54. The van der Waals surface area contributed by atoms with Crippen LogP contribution < -0.4 is 5.73 Å². The number of hydrogen-bond donors (Lipinski definition) is 2. The van der Waals surface area contributed by atoms with Gasteiger partial charge in [-0.1, -0.05) is 13.8 Å². The number of hydrogen-bond acceptors (Lipinski definition) is 3. The molecule has 3 unspecified atom stereocenters. The molecule has 0 radical (unpaired) electrons. The van der Waals surface area contributed by atoms with Gasteiger partial charge in [-0.05, 0) is 25.3 Å². The molecule has 0 aliphatic carbocycles. The molecule has 1 aliphatic heterocycles. The highest BCUT2D eigenvalue weighted by Gasteiger charge is 2.29. The highest BCUT2D eigenvalue weighted by Crippen LogP contribution is 2.23. The average Bonchev–Trinajstić information content (AvgIpc) is 2.18. The lowest BCUT2D eigenvalue weighted by Gasteiger charge is -2.40. The first-order valence-electron chi connectivity index (χ1n) is 5.73.